The van der Waals surface area contributed by atoms with Crippen LogP contribution in [0.25, 0.3) is 16.9 Å². The second-order valence-corrected chi connectivity index (χ2v) is 8.22. The molecule has 0 unspecified atom stereocenters. The number of nitrogens with one attached hydrogen (secondary N) is 1. The molecule has 4 aromatic rings. The van der Waals surface area contributed by atoms with Crippen LogP contribution in [-0.2, 0) is 6.42 Å². The molecule has 2 aromatic heterocycles. The lowest BCUT2D eigenvalue weighted by Gasteiger charge is -2.10. The van der Waals surface area contributed by atoms with Gasteiger partial charge in [-0.05, 0) is 35.9 Å². The van der Waals surface area contributed by atoms with Crippen LogP contribution in [0.1, 0.15) is 11.3 Å². The van der Waals surface area contributed by atoms with Crippen LogP contribution >= 0.6 is 47.4 Å². The second-order valence-electron chi connectivity index (χ2n) is 6.62. The van der Waals surface area contributed by atoms with Crippen LogP contribution in [0.3, 0.4) is 0 Å². The van der Waals surface area contributed by atoms with E-state index in [0.717, 1.165) is 0 Å². The Labute approximate surface area is 201 Å². The summed E-state index contributed by atoms with van der Waals surface area (Å²) in [5.41, 5.74) is 13.3. The summed E-state index contributed by atoms with van der Waals surface area (Å²) in [6.45, 7) is 0. The van der Waals surface area contributed by atoms with Crippen LogP contribution < -0.4 is 16.8 Å². The number of nitrogens with two attached hydrogens (primary N) is 2. The average Bonchev–Trinajstić information content (AvgIpc) is 3.08. The first kappa shape index (κ1) is 22.4. The van der Waals surface area contributed by atoms with E-state index in [0.29, 0.717) is 32.2 Å². The molecule has 0 aliphatic heterocycles. The van der Waals surface area contributed by atoms with E-state index in [1.54, 1.807) is 12.1 Å². The Morgan fingerprint density at radius 2 is 1.75 bits per heavy atom. The normalized spacial score (nSPS) is 11.2. The van der Waals surface area contributed by atoms with Crippen molar-refractivity contribution in [2.45, 2.75) is 6.42 Å². The Morgan fingerprint density at radius 3 is 2.41 bits per heavy atom. The van der Waals surface area contributed by atoms with E-state index in [2.05, 4.69) is 33.0 Å². The first-order valence-corrected chi connectivity index (χ1v) is 10.5. The highest BCUT2D eigenvalue weighted by atomic mass is 35.5. The van der Waals surface area contributed by atoms with Gasteiger partial charge in [0.2, 0.25) is 0 Å². The number of benzene rings is 2. The smallest absolute Gasteiger partial charge is 0.280 e. The Hall–Kier alpha value is -2.79. The van der Waals surface area contributed by atoms with Gasteiger partial charge in [-0.3, -0.25) is 4.79 Å². The Balaban J connectivity index is 1.88. The van der Waals surface area contributed by atoms with Crippen molar-refractivity contribution in [3.63, 3.8) is 0 Å². The molecule has 164 valence electrons. The Morgan fingerprint density at radius 1 is 1.09 bits per heavy atom. The summed E-state index contributed by atoms with van der Waals surface area (Å²) in [6, 6.07) is 7.30. The predicted molar refractivity (Wildman–Crippen MR) is 128 cm³/mol. The van der Waals surface area contributed by atoms with Crippen LogP contribution in [0.5, 0.6) is 0 Å². The van der Waals surface area contributed by atoms with E-state index < -0.39 is 11.1 Å². The summed E-state index contributed by atoms with van der Waals surface area (Å²) in [7, 11) is 0. The number of carbonyl (C=O) groups is 1. The van der Waals surface area contributed by atoms with Crippen molar-refractivity contribution < 1.29 is 9.18 Å². The van der Waals surface area contributed by atoms with Gasteiger partial charge < -0.3 is 16.8 Å². The molecule has 32 heavy (non-hydrogen) atoms. The molecule has 0 aliphatic carbocycles. The fourth-order valence-electron chi connectivity index (χ4n) is 3.15. The fraction of sp³-hybridized carbons (Fsp3) is 0.0526. The van der Waals surface area contributed by atoms with Gasteiger partial charge in [0, 0.05) is 16.8 Å². The zero-order valence-electron chi connectivity index (χ0n) is 15.9. The maximum atomic E-state index is 14.1. The van der Waals surface area contributed by atoms with Crippen molar-refractivity contribution >= 4 is 80.9 Å². The van der Waals surface area contributed by atoms with Gasteiger partial charge in [-0.25, -0.2) is 4.39 Å². The number of hydrogen-bond donors (Lipinski definition) is 4. The molecule has 2 aromatic carbocycles. The third-order valence-corrected chi connectivity index (χ3v) is 5.89. The van der Waals surface area contributed by atoms with Crippen LogP contribution in [0.4, 0.5) is 26.5 Å². The molecule has 13 heteroatoms. The molecular weight excluding hydrogens is 500 g/mol. The molecule has 0 aliphatic rings. The number of thiol groups is 1. The summed E-state index contributed by atoms with van der Waals surface area (Å²) < 4.78 is 15.4. The molecule has 0 radical (unpaired) electrons. The maximum absolute atomic E-state index is 14.1. The van der Waals surface area contributed by atoms with Crippen molar-refractivity contribution in [2.75, 3.05) is 16.8 Å². The molecule has 0 saturated heterocycles. The standard InChI is InChI=1S/C19H13Cl3FN7OS/c20-10-2-3-11(21)14(22)8(10)6-12-9-5-7(23)1-4-13(9)30(29-12)18-27-16(24)15(17(25)28-18)26-19(31)32/h1-5H,6H2,(H2,26,31,32)(H4,24,25,27,28). The third kappa shape index (κ3) is 4.14. The lowest BCUT2D eigenvalue weighted by molar-refractivity contribution is 0.270. The predicted octanol–water partition coefficient (Wildman–Crippen LogP) is 5.13. The van der Waals surface area contributed by atoms with Crippen molar-refractivity contribution in [1.82, 2.24) is 19.7 Å². The number of nitrogen functional groups attached to an aromatic ring is 2. The number of fused-ring (bicyclic) bond motifs is 1. The molecule has 0 fully saturated rings. The minimum Gasteiger partial charge on any atom is -0.382 e. The van der Waals surface area contributed by atoms with Gasteiger partial charge in [-0.1, -0.05) is 47.4 Å². The van der Waals surface area contributed by atoms with Gasteiger partial charge in [0.05, 0.1) is 21.3 Å². The number of nitrogens with zero attached hydrogens (tertiary/aromatic N) is 4. The summed E-state index contributed by atoms with van der Waals surface area (Å²) >= 11 is 22.4. The highest BCUT2D eigenvalue weighted by Crippen LogP contribution is 2.35. The number of hydrogen-bond acceptors (Lipinski definition) is 6. The van der Waals surface area contributed by atoms with E-state index in [-0.39, 0.29) is 34.7 Å². The van der Waals surface area contributed by atoms with E-state index >= 15 is 0 Å². The number of halogens is 4. The number of anilines is 3. The van der Waals surface area contributed by atoms with Crippen LogP contribution in [0.15, 0.2) is 30.3 Å². The number of carbonyl (C=O) groups excluding carboxylic acids is 1. The van der Waals surface area contributed by atoms with Crippen molar-refractivity contribution in [3.8, 4) is 5.95 Å². The summed E-state index contributed by atoms with van der Waals surface area (Å²) in [4.78, 5) is 19.6. The molecule has 2 heterocycles. The largest absolute Gasteiger partial charge is 0.382 e. The number of amides is 1. The topological polar surface area (TPSA) is 125 Å². The zero-order chi connectivity index (χ0) is 23.2. The van der Waals surface area contributed by atoms with Gasteiger partial charge in [0.15, 0.2) is 11.6 Å². The Bertz CT molecular complexity index is 1370. The molecule has 0 saturated carbocycles. The van der Waals surface area contributed by atoms with E-state index in [1.165, 1.54) is 22.9 Å². The average molecular weight is 513 g/mol. The molecule has 0 bridgehead atoms. The number of rotatable bonds is 4. The van der Waals surface area contributed by atoms with Gasteiger partial charge in [-0.15, -0.1) is 0 Å². The van der Waals surface area contributed by atoms with Crippen molar-refractivity contribution in [2.24, 2.45) is 0 Å². The molecule has 4 rings (SSSR count). The molecule has 0 spiro atoms. The van der Waals surface area contributed by atoms with Gasteiger partial charge in [0.25, 0.3) is 11.2 Å². The minimum atomic E-state index is -0.683. The maximum Gasteiger partial charge on any atom is 0.280 e. The lowest BCUT2D eigenvalue weighted by Crippen LogP contribution is -2.14. The van der Waals surface area contributed by atoms with E-state index in [1.807, 2.05) is 0 Å². The van der Waals surface area contributed by atoms with E-state index in [9.17, 15) is 9.18 Å². The highest BCUT2D eigenvalue weighted by molar-refractivity contribution is 7.96. The van der Waals surface area contributed by atoms with Crippen molar-refractivity contribution in [1.29, 1.82) is 0 Å². The summed E-state index contributed by atoms with van der Waals surface area (Å²) in [5, 5.41) is 7.66. The molecule has 8 nitrogen and oxygen atoms in total. The van der Waals surface area contributed by atoms with Gasteiger partial charge in [-0.2, -0.15) is 19.7 Å². The summed E-state index contributed by atoms with van der Waals surface area (Å²) in [6.07, 6.45) is 0.157. The van der Waals surface area contributed by atoms with E-state index in [4.69, 9.17) is 46.3 Å². The lowest BCUT2D eigenvalue weighted by atomic mass is 10.1. The van der Waals surface area contributed by atoms with Crippen LogP contribution in [0, 0.1) is 5.82 Å². The second kappa shape index (κ2) is 8.62. The fourth-order valence-corrected chi connectivity index (χ4v) is 3.94. The van der Waals surface area contributed by atoms with Gasteiger partial charge in [0.1, 0.15) is 11.5 Å². The Kier molecular flexibility index (Phi) is 6.04. The zero-order valence-corrected chi connectivity index (χ0v) is 19.1. The molecule has 5 N–H and O–H groups in total. The molecular formula is C19H13Cl3FN7OS. The first-order valence-electron chi connectivity index (χ1n) is 8.88. The first-order chi connectivity index (χ1) is 15.2. The quantitative estimate of drug-likeness (QED) is 0.222. The third-order valence-electron chi connectivity index (χ3n) is 4.58. The number of aromatic nitrogens is 4. The summed E-state index contributed by atoms with van der Waals surface area (Å²) in [5.74, 6) is -0.636. The SMILES string of the molecule is Nc1nc(-n2nc(Cc3c(Cl)ccc(Cl)c3Cl)c3cc(F)ccc32)nc(N)c1NC(=O)S. The van der Waals surface area contributed by atoms with Crippen LogP contribution in [0.2, 0.25) is 15.1 Å². The van der Waals surface area contributed by atoms with Crippen LogP contribution in [-0.4, -0.2) is 25.0 Å². The molecule has 1 amide bonds. The monoisotopic (exact) mass is 511 g/mol. The molecule has 0 atom stereocenters. The minimum absolute atomic E-state index is 0.0170. The highest BCUT2D eigenvalue weighted by Gasteiger charge is 2.20. The van der Waals surface area contributed by atoms with Gasteiger partial charge >= 0.3 is 0 Å². The van der Waals surface area contributed by atoms with Crippen molar-refractivity contribution in [3.05, 3.63) is 62.5 Å².